The van der Waals surface area contributed by atoms with E-state index in [0.717, 1.165) is 18.4 Å². The van der Waals surface area contributed by atoms with Gasteiger partial charge in [0, 0.05) is 11.8 Å². The molecule has 0 aliphatic heterocycles. The van der Waals surface area contributed by atoms with Gasteiger partial charge in [-0.15, -0.1) is 0 Å². The zero-order valence-electron chi connectivity index (χ0n) is 10.7. The number of carboxylic acids is 1. The van der Waals surface area contributed by atoms with Gasteiger partial charge in [0.25, 0.3) is 5.91 Å². The second-order valence-corrected chi connectivity index (χ2v) is 6.55. The highest BCUT2D eigenvalue weighted by Crippen LogP contribution is 2.05. The average Bonchev–Trinajstić information content (AvgIpc) is 2.32. The Morgan fingerprint density at radius 1 is 1.40 bits per heavy atom. The van der Waals surface area contributed by atoms with Gasteiger partial charge in [0.2, 0.25) is 0 Å². The zero-order chi connectivity index (χ0) is 15.3. The summed E-state index contributed by atoms with van der Waals surface area (Å²) < 4.78 is 35.0. The lowest BCUT2D eigenvalue weighted by Crippen LogP contribution is -2.41. The zero-order valence-corrected chi connectivity index (χ0v) is 11.5. The molecule has 0 saturated carbocycles. The van der Waals surface area contributed by atoms with Gasteiger partial charge in [0.1, 0.15) is 21.7 Å². The van der Waals surface area contributed by atoms with Crippen LogP contribution >= 0.6 is 0 Å². The number of halogens is 1. The number of hydrogen-bond acceptors (Lipinski definition) is 4. The van der Waals surface area contributed by atoms with E-state index in [4.69, 9.17) is 5.11 Å². The van der Waals surface area contributed by atoms with E-state index in [1.165, 1.54) is 12.1 Å². The molecule has 1 aromatic carbocycles. The fraction of sp³-hybridized carbons (Fsp3) is 0.333. The SMILES string of the molecule is CS(=O)(=O)CCC(NC(=O)c1cccc(F)c1)C(=O)O. The standard InChI is InChI=1S/C12H14FNO5S/c1-20(18,19)6-5-10(12(16)17)14-11(15)8-3-2-4-9(13)7-8/h2-4,7,10H,5-6H2,1H3,(H,14,15)(H,16,17). The summed E-state index contributed by atoms with van der Waals surface area (Å²) in [5.74, 6) is -3.11. The third kappa shape index (κ3) is 5.35. The van der Waals surface area contributed by atoms with Crippen molar-refractivity contribution in [3.05, 3.63) is 35.6 Å². The number of benzene rings is 1. The lowest BCUT2D eigenvalue weighted by Gasteiger charge is -2.14. The van der Waals surface area contributed by atoms with Crippen molar-refractivity contribution < 1.29 is 27.5 Å². The Kier molecular flexibility index (Phi) is 5.20. The minimum Gasteiger partial charge on any atom is -0.480 e. The van der Waals surface area contributed by atoms with Crippen molar-refractivity contribution in [2.45, 2.75) is 12.5 Å². The largest absolute Gasteiger partial charge is 0.480 e. The lowest BCUT2D eigenvalue weighted by atomic mass is 10.1. The molecule has 0 aliphatic carbocycles. The van der Waals surface area contributed by atoms with Crippen LogP contribution in [0.5, 0.6) is 0 Å². The molecule has 0 bridgehead atoms. The fourth-order valence-electron chi connectivity index (χ4n) is 1.46. The van der Waals surface area contributed by atoms with Crippen molar-refractivity contribution in [1.82, 2.24) is 5.32 Å². The van der Waals surface area contributed by atoms with E-state index in [1.807, 2.05) is 0 Å². The molecule has 0 heterocycles. The second kappa shape index (κ2) is 6.47. The summed E-state index contributed by atoms with van der Waals surface area (Å²) in [6, 6.07) is 3.41. The Labute approximate surface area is 115 Å². The molecule has 0 fully saturated rings. The van der Waals surface area contributed by atoms with Crippen LogP contribution in [0.25, 0.3) is 0 Å². The Morgan fingerprint density at radius 2 is 2.05 bits per heavy atom. The number of sulfone groups is 1. The first-order valence-electron chi connectivity index (χ1n) is 5.66. The molecule has 0 radical (unpaired) electrons. The molecule has 1 unspecified atom stereocenters. The number of rotatable bonds is 6. The minimum atomic E-state index is -3.33. The summed E-state index contributed by atoms with van der Waals surface area (Å²) >= 11 is 0. The van der Waals surface area contributed by atoms with Crippen molar-refractivity contribution >= 4 is 21.7 Å². The van der Waals surface area contributed by atoms with Gasteiger partial charge in [-0.3, -0.25) is 4.79 Å². The van der Waals surface area contributed by atoms with Crippen molar-refractivity contribution in [2.24, 2.45) is 0 Å². The van der Waals surface area contributed by atoms with Crippen molar-refractivity contribution in [2.75, 3.05) is 12.0 Å². The lowest BCUT2D eigenvalue weighted by molar-refractivity contribution is -0.139. The Hall–Kier alpha value is -1.96. The van der Waals surface area contributed by atoms with Gasteiger partial charge in [0.05, 0.1) is 5.75 Å². The summed E-state index contributed by atoms with van der Waals surface area (Å²) in [7, 11) is -3.33. The van der Waals surface area contributed by atoms with Crippen molar-refractivity contribution in [3.8, 4) is 0 Å². The Balaban J connectivity index is 2.75. The molecule has 1 rings (SSSR count). The normalized spacial score (nSPS) is 12.7. The van der Waals surface area contributed by atoms with Gasteiger partial charge in [0.15, 0.2) is 0 Å². The van der Waals surface area contributed by atoms with Crippen LogP contribution in [-0.2, 0) is 14.6 Å². The van der Waals surface area contributed by atoms with Crippen LogP contribution in [0.15, 0.2) is 24.3 Å². The highest BCUT2D eigenvalue weighted by Gasteiger charge is 2.22. The van der Waals surface area contributed by atoms with E-state index in [-0.39, 0.29) is 17.7 Å². The summed E-state index contributed by atoms with van der Waals surface area (Å²) in [4.78, 5) is 22.7. The molecule has 2 N–H and O–H groups in total. The van der Waals surface area contributed by atoms with E-state index in [9.17, 15) is 22.4 Å². The maximum atomic E-state index is 13.0. The monoisotopic (exact) mass is 303 g/mol. The van der Waals surface area contributed by atoms with Crippen LogP contribution in [0.2, 0.25) is 0 Å². The van der Waals surface area contributed by atoms with Crippen LogP contribution in [0, 0.1) is 5.82 Å². The van der Waals surface area contributed by atoms with Gasteiger partial charge in [-0.25, -0.2) is 17.6 Å². The third-order valence-corrected chi connectivity index (χ3v) is 3.44. The first-order chi connectivity index (χ1) is 9.19. The molecule has 6 nitrogen and oxygen atoms in total. The topological polar surface area (TPSA) is 101 Å². The Morgan fingerprint density at radius 3 is 2.55 bits per heavy atom. The molecule has 110 valence electrons. The number of carbonyl (C=O) groups excluding carboxylic acids is 1. The third-order valence-electron chi connectivity index (χ3n) is 2.47. The number of amides is 1. The van der Waals surface area contributed by atoms with Crippen LogP contribution in [-0.4, -0.2) is 43.5 Å². The maximum Gasteiger partial charge on any atom is 0.326 e. The quantitative estimate of drug-likeness (QED) is 0.794. The van der Waals surface area contributed by atoms with E-state index in [2.05, 4.69) is 5.32 Å². The summed E-state index contributed by atoms with van der Waals surface area (Å²) in [6.45, 7) is 0. The van der Waals surface area contributed by atoms with Gasteiger partial charge >= 0.3 is 5.97 Å². The summed E-state index contributed by atoms with van der Waals surface area (Å²) in [6.07, 6.45) is 0.718. The van der Waals surface area contributed by atoms with Gasteiger partial charge in [-0.2, -0.15) is 0 Å². The van der Waals surface area contributed by atoms with Gasteiger partial charge < -0.3 is 10.4 Å². The molecule has 0 spiro atoms. The highest BCUT2D eigenvalue weighted by atomic mass is 32.2. The van der Waals surface area contributed by atoms with Crippen LogP contribution in [0.3, 0.4) is 0 Å². The van der Waals surface area contributed by atoms with Crippen molar-refractivity contribution in [1.29, 1.82) is 0 Å². The van der Waals surface area contributed by atoms with Crippen LogP contribution in [0.1, 0.15) is 16.8 Å². The summed E-state index contributed by atoms with van der Waals surface area (Å²) in [5.41, 5.74) is -0.0318. The van der Waals surface area contributed by atoms with Gasteiger partial charge in [-0.1, -0.05) is 6.07 Å². The highest BCUT2D eigenvalue weighted by molar-refractivity contribution is 7.90. The predicted molar refractivity (Wildman–Crippen MR) is 69.6 cm³/mol. The molecule has 1 aromatic rings. The van der Waals surface area contributed by atoms with Gasteiger partial charge in [-0.05, 0) is 24.6 Å². The predicted octanol–water partition coefficient (Wildman–Crippen LogP) is 0.443. The fourth-order valence-corrected chi connectivity index (χ4v) is 2.12. The first kappa shape index (κ1) is 16.1. The molecular formula is C12H14FNO5S. The van der Waals surface area contributed by atoms with Crippen molar-refractivity contribution in [3.63, 3.8) is 0 Å². The molecule has 1 amide bonds. The average molecular weight is 303 g/mol. The minimum absolute atomic E-state index is 0.0318. The maximum absolute atomic E-state index is 13.0. The molecule has 0 saturated heterocycles. The van der Waals surface area contributed by atoms with Crippen LogP contribution < -0.4 is 5.32 Å². The Bertz CT molecular complexity index is 614. The van der Waals surface area contributed by atoms with E-state index in [0.29, 0.717) is 0 Å². The number of hydrogen-bond donors (Lipinski definition) is 2. The molecule has 1 atom stereocenters. The number of nitrogens with one attached hydrogen (secondary N) is 1. The number of carboxylic acid groups (broad SMARTS) is 1. The van der Waals surface area contributed by atoms with Crippen LogP contribution in [0.4, 0.5) is 4.39 Å². The van der Waals surface area contributed by atoms with E-state index < -0.39 is 33.6 Å². The second-order valence-electron chi connectivity index (χ2n) is 4.29. The number of carbonyl (C=O) groups is 2. The van der Waals surface area contributed by atoms with E-state index in [1.54, 1.807) is 0 Å². The first-order valence-corrected chi connectivity index (χ1v) is 7.72. The van der Waals surface area contributed by atoms with E-state index >= 15 is 0 Å². The number of aliphatic carboxylic acids is 1. The molecule has 20 heavy (non-hydrogen) atoms. The molecule has 8 heteroatoms. The smallest absolute Gasteiger partial charge is 0.326 e. The molecule has 0 aromatic heterocycles. The summed E-state index contributed by atoms with van der Waals surface area (Å²) in [5, 5.41) is 11.1. The molecule has 0 aliphatic rings. The molecular weight excluding hydrogens is 289 g/mol.